The molecule has 0 radical (unpaired) electrons. The SMILES string of the molecule is CC(C)Cn1c(SCC(=O)NC2CCCC2)nnc1-c1ccco1. The number of rotatable bonds is 7. The zero-order valence-corrected chi connectivity index (χ0v) is 15.0. The average Bonchev–Trinajstić information content (AvgIpc) is 3.26. The Bertz CT molecular complexity index is 660. The number of aromatic nitrogens is 3. The molecule has 0 unspecified atom stereocenters. The first-order chi connectivity index (χ1) is 11.6. The maximum atomic E-state index is 12.1. The molecule has 3 rings (SSSR count). The van der Waals surface area contributed by atoms with Gasteiger partial charge in [0.25, 0.3) is 0 Å². The predicted octanol–water partition coefficient (Wildman–Crippen LogP) is 3.35. The van der Waals surface area contributed by atoms with Crippen molar-refractivity contribution in [3.8, 4) is 11.6 Å². The van der Waals surface area contributed by atoms with E-state index in [0.717, 1.165) is 24.5 Å². The Balaban J connectivity index is 1.67. The van der Waals surface area contributed by atoms with Gasteiger partial charge in [0.1, 0.15) is 0 Å². The van der Waals surface area contributed by atoms with Gasteiger partial charge in [0, 0.05) is 12.6 Å². The Morgan fingerprint density at radius 3 is 2.88 bits per heavy atom. The van der Waals surface area contributed by atoms with Crippen LogP contribution < -0.4 is 5.32 Å². The summed E-state index contributed by atoms with van der Waals surface area (Å²) in [6, 6.07) is 4.07. The molecule has 0 aromatic carbocycles. The van der Waals surface area contributed by atoms with Gasteiger partial charge in [-0.05, 0) is 30.9 Å². The third-order valence-corrected chi connectivity index (χ3v) is 5.03. The van der Waals surface area contributed by atoms with Crippen LogP contribution >= 0.6 is 11.8 Å². The molecular formula is C17H24N4O2S. The predicted molar refractivity (Wildman–Crippen MR) is 93.7 cm³/mol. The maximum absolute atomic E-state index is 12.1. The van der Waals surface area contributed by atoms with Gasteiger partial charge >= 0.3 is 0 Å². The van der Waals surface area contributed by atoms with Crippen LogP contribution in [0.2, 0.25) is 0 Å². The molecule has 0 bridgehead atoms. The minimum atomic E-state index is 0.0746. The summed E-state index contributed by atoms with van der Waals surface area (Å²) < 4.78 is 7.50. The van der Waals surface area contributed by atoms with E-state index >= 15 is 0 Å². The molecule has 0 saturated heterocycles. The second-order valence-electron chi connectivity index (χ2n) is 6.63. The molecule has 2 aromatic rings. The topological polar surface area (TPSA) is 73.0 Å². The van der Waals surface area contributed by atoms with Crippen molar-refractivity contribution in [1.29, 1.82) is 0 Å². The standard InChI is InChI=1S/C17H24N4O2S/c1-12(2)10-21-16(14-8-5-9-23-14)19-20-17(21)24-11-15(22)18-13-6-3-4-7-13/h5,8-9,12-13H,3-4,6-7,10-11H2,1-2H3,(H,18,22). The summed E-state index contributed by atoms with van der Waals surface area (Å²) in [5.74, 6) is 2.30. The minimum absolute atomic E-state index is 0.0746. The second kappa shape index (κ2) is 7.88. The molecule has 1 N–H and O–H groups in total. The molecule has 0 atom stereocenters. The number of amides is 1. The van der Waals surface area contributed by atoms with E-state index in [9.17, 15) is 4.79 Å². The Morgan fingerprint density at radius 2 is 2.21 bits per heavy atom. The summed E-state index contributed by atoms with van der Waals surface area (Å²) in [7, 11) is 0. The van der Waals surface area contributed by atoms with Crippen molar-refractivity contribution in [2.45, 2.75) is 57.3 Å². The van der Waals surface area contributed by atoms with Crippen LogP contribution in [0, 0.1) is 5.92 Å². The van der Waals surface area contributed by atoms with E-state index in [1.165, 1.54) is 24.6 Å². The zero-order valence-electron chi connectivity index (χ0n) is 14.2. The lowest BCUT2D eigenvalue weighted by atomic mass is 10.2. The number of nitrogens with one attached hydrogen (secondary N) is 1. The summed E-state index contributed by atoms with van der Waals surface area (Å²) in [5, 5.41) is 12.4. The van der Waals surface area contributed by atoms with E-state index in [-0.39, 0.29) is 5.91 Å². The fraction of sp³-hybridized carbons (Fsp3) is 0.588. The molecule has 2 aromatic heterocycles. The van der Waals surface area contributed by atoms with Crippen molar-refractivity contribution in [3.63, 3.8) is 0 Å². The van der Waals surface area contributed by atoms with Gasteiger partial charge in [0.15, 0.2) is 16.7 Å². The first-order valence-corrected chi connectivity index (χ1v) is 9.51. The quantitative estimate of drug-likeness (QED) is 0.777. The van der Waals surface area contributed by atoms with Gasteiger partial charge in [0.05, 0.1) is 12.0 Å². The fourth-order valence-electron chi connectivity index (χ4n) is 2.98. The van der Waals surface area contributed by atoms with E-state index in [1.54, 1.807) is 6.26 Å². The number of carbonyl (C=O) groups is 1. The van der Waals surface area contributed by atoms with Crippen molar-refractivity contribution >= 4 is 17.7 Å². The summed E-state index contributed by atoms with van der Waals surface area (Å²) >= 11 is 1.43. The molecule has 130 valence electrons. The van der Waals surface area contributed by atoms with E-state index in [4.69, 9.17) is 4.42 Å². The largest absolute Gasteiger partial charge is 0.461 e. The van der Waals surface area contributed by atoms with Crippen LogP contribution in [0.25, 0.3) is 11.6 Å². The fourth-order valence-corrected chi connectivity index (χ4v) is 3.74. The molecule has 1 aliphatic carbocycles. The van der Waals surface area contributed by atoms with Crippen LogP contribution in [-0.2, 0) is 11.3 Å². The van der Waals surface area contributed by atoms with Crippen molar-refractivity contribution in [2.24, 2.45) is 5.92 Å². The van der Waals surface area contributed by atoms with Crippen LogP contribution in [0.4, 0.5) is 0 Å². The summed E-state index contributed by atoms with van der Waals surface area (Å²) in [5.41, 5.74) is 0. The van der Waals surface area contributed by atoms with E-state index in [2.05, 4.69) is 29.4 Å². The second-order valence-corrected chi connectivity index (χ2v) is 7.57. The molecule has 7 heteroatoms. The van der Waals surface area contributed by atoms with Crippen molar-refractivity contribution < 1.29 is 9.21 Å². The zero-order chi connectivity index (χ0) is 16.9. The Hall–Kier alpha value is -1.76. The Labute approximate surface area is 146 Å². The number of hydrogen-bond donors (Lipinski definition) is 1. The molecule has 1 saturated carbocycles. The third-order valence-electron chi connectivity index (χ3n) is 4.06. The van der Waals surface area contributed by atoms with Crippen LogP contribution in [0.15, 0.2) is 28.0 Å². The van der Waals surface area contributed by atoms with Crippen molar-refractivity contribution in [3.05, 3.63) is 18.4 Å². The molecular weight excluding hydrogens is 324 g/mol. The summed E-state index contributed by atoms with van der Waals surface area (Å²) in [4.78, 5) is 12.1. The minimum Gasteiger partial charge on any atom is -0.461 e. The Morgan fingerprint density at radius 1 is 1.42 bits per heavy atom. The lowest BCUT2D eigenvalue weighted by Crippen LogP contribution is -2.33. The summed E-state index contributed by atoms with van der Waals surface area (Å²) in [6.45, 7) is 5.08. The summed E-state index contributed by atoms with van der Waals surface area (Å²) in [6.07, 6.45) is 6.26. The molecule has 0 spiro atoms. The molecule has 1 fully saturated rings. The Kier molecular flexibility index (Phi) is 5.60. The van der Waals surface area contributed by atoms with Gasteiger partial charge in [-0.1, -0.05) is 38.5 Å². The smallest absolute Gasteiger partial charge is 0.230 e. The van der Waals surface area contributed by atoms with E-state index in [0.29, 0.717) is 29.3 Å². The molecule has 0 aliphatic heterocycles. The van der Waals surface area contributed by atoms with E-state index in [1.807, 2.05) is 16.7 Å². The van der Waals surface area contributed by atoms with Gasteiger partial charge in [-0.25, -0.2) is 0 Å². The van der Waals surface area contributed by atoms with Crippen molar-refractivity contribution in [2.75, 3.05) is 5.75 Å². The maximum Gasteiger partial charge on any atom is 0.230 e. The van der Waals surface area contributed by atoms with Crippen LogP contribution in [0.3, 0.4) is 0 Å². The number of nitrogens with zero attached hydrogens (tertiary/aromatic N) is 3. The lowest BCUT2D eigenvalue weighted by Gasteiger charge is -2.13. The van der Waals surface area contributed by atoms with E-state index < -0.39 is 0 Å². The number of furan rings is 1. The first-order valence-electron chi connectivity index (χ1n) is 8.52. The highest BCUT2D eigenvalue weighted by Crippen LogP contribution is 2.25. The number of hydrogen-bond acceptors (Lipinski definition) is 5. The highest BCUT2D eigenvalue weighted by molar-refractivity contribution is 7.99. The highest BCUT2D eigenvalue weighted by atomic mass is 32.2. The highest BCUT2D eigenvalue weighted by Gasteiger charge is 2.20. The lowest BCUT2D eigenvalue weighted by molar-refractivity contribution is -0.119. The van der Waals surface area contributed by atoms with Gasteiger partial charge in [-0.15, -0.1) is 10.2 Å². The van der Waals surface area contributed by atoms with Crippen LogP contribution in [0.5, 0.6) is 0 Å². The average molecular weight is 348 g/mol. The van der Waals surface area contributed by atoms with Crippen molar-refractivity contribution in [1.82, 2.24) is 20.1 Å². The number of thioether (sulfide) groups is 1. The molecule has 1 aliphatic rings. The molecule has 2 heterocycles. The molecule has 1 amide bonds. The van der Waals surface area contributed by atoms with Crippen LogP contribution in [-0.4, -0.2) is 32.5 Å². The van der Waals surface area contributed by atoms with Gasteiger partial charge < -0.3 is 9.73 Å². The van der Waals surface area contributed by atoms with Crippen LogP contribution in [0.1, 0.15) is 39.5 Å². The first kappa shape index (κ1) is 17.1. The molecule has 6 nitrogen and oxygen atoms in total. The molecule has 24 heavy (non-hydrogen) atoms. The monoisotopic (exact) mass is 348 g/mol. The van der Waals surface area contributed by atoms with Gasteiger partial charge in [-0.3, -0.25) is 9.36 Å². The number of carbonyl (C=O) groups excluding carboxylic acids is 1. The normalized spacial score (nSPS) is 15.3. The van der Waals surface area contributed by atoms with Gasteiger partial charge in [0.2, 0.25) is 5.91 Å². The van der Waals surface area contributed by atoms with Gasteiger partial charge in [-0.2, -0.15) is 0 Å². The third kappa shape index (κ3) is 4.20.